The van der Waals surface area contributed by atoms with E-state index in [0.717, 1.165) is 18.6 Å². The van der Waals surface area contributed by atoms with Crippen molar-refractivity contribution in [1.82, 2.24) is 0 Å². The summed E-state index contributed by atoms with van der Waals surface area (Å²) in [6.07, 6.45) is 1.80. The highest BCUT2D eigenvalue weighted by atomic mass is 16.5. The maximum atomic E-state index is 9.71. The lowest BCUT2D eigenvalue weighted by Gasteiger charge is -2.18. The van der Waals surface area contributed by atoms with Crippen LogP contribution in [-0.4, -0.2) is 18.8 Å². The van der Waals surface area contributed by atoms with Crippen LogP contribution in [0.1, 0.15) is 22.3 Å². The molecular weight excluding hydrogens is 260 g/mol. The molecular formula is C19H24O2. The Hall–Kier alpha value is -1.80. The Bertz CT molecular complexity index is 552. The van der Waals surface area contributed by atoms with Crippen LogP contribution in [0.15, 0.2) is 42.5 Å². The molecule has 0 aliphatic carbocycles. The largest absolute Gasteiger partial charge is 0.497 e. The quantitative estimate of drug-likeness (QED) is 0.876. The molecule has 0 aromatic heterocycles. The third-order valence-electron chi connectivity index (χ3n) is 4.08. The molecule has 2 rings (SSSR count). The Kier molecular flexibility index (Phi) is 5.40. The molecule has 112 valence electrons. The second-order valence-corrected chi connectivity index (χ2v) is 5.68. The van der Waals surface area contributed by atoms with Crippen molar-refractivity contribution in [2.24, 2.45) is 5.92 Å². The predicted octanol–water partition coefficient (Wildman–Crippen LogP) is 3.71. The van der Waals surface area contributed by atoms with Crippen LogP contribution in [0.5, 0.6) is 5.75 Å². The van der Waals surface area contributed by atoms with Gasteiger partial charge in [0.05, 0.1) is 7.11 Å². The minimum absolute atomic E-state index is 0.208. The average Bonchev–Trinajstić information content (AvgIpc) is 2.50. The van der Waals surface area contributed by atoms with Crippen LogP contribution in [0.2, 0.25) is 0 Å². The fourth-order valence-electron chi connectivity index (χ4n) is 2.76. The monoisotopic (exact) mass is 284 g/mol. The summed E-state index contributed by atoms with van der Waals surface area (Å²) in [6.45, 7) is 4.49. The van der Waals surface area contributed by atoms with Crippen molar-refractivity contribution >= 4 is 0 Å². The maximum Gasteiger partial charge on any atom is 0.118 e. The van der Waals surface area contributed by atoms with E-state index < -0.39 is 0 Å². The highest BCUT2D eigenvalue weighted by molar-refractivity contribution is 5.34. The number of hydrogen-bond donors (Lipinski definition) is 1. The van der Waals surface area contributed by atoms with Crippen LogP contribution < -0.4 is 4.74 Å². The Morgan fingerprint density at radius 2 is 1.57 bits per heavy atom. The van der Waals surface area contributed by atoms with Crippen LogP contribution in [0.3, 0.4) is 0 Å². The molecule has 0 aliphatic rings. The lowest BCUT2D eigenvalue weighted by molar-refractivity contribution is 0.224. The summed E-state index contributed by atoms with van der Waals surface area (Å²) in [5.74, 6) is 1.12. The number of rotatable bonds is 6. The zero-order valence-corrected chi connectivity index (χ0v) is 13.1. The molecule has 2 nitrogen and oxygen atoms in total. The first-order chi connectivity index (χ1) is 10.1. The Labute approximate surface area is 127 Å². The van der Waals surface area contributed by atoms with E-state index in [9.17, 15) is 5.11 Å². The molecule has 1 unspecified atom stereocenters. The van der Waals surface area contributed by atoms with Gasteiger partial charge in [-0.05, 0) is 67.0 Å². The smallest absolute Gasteiger partial charge is 0.118 e. The van der Waals surface area contributed by atoms with Crippen molar-refractivity contribution in [3.63, 3.8) is 0 Å². The standard InChI is InChI=1S/C19H24O2/c1-14-5-4-6-15(2)19(14)12-17(13-20)11-16-7-9-18(21-3)10-8-16/h4-10,17,20H,11-13H2,1-3H3. The predicted molar refractivity (Wildman–Crippen MR) is 86.9 cm³/mol. The van der Waals surface area contributed by atoms with E-state index in [0.29, 0.717) is 0 Å². The van der Waals surface area contributed by atoms with Gasteiger partial charge in [0.25, 0.3) is 0 Å². The topological polar surface area (TPSA) is 29.5 Å². The number of aryl methyl sites for hydroxylation is 2. The van der Waals surface area contributed by atoms with Crippen molar-refractivity contribution < 1.29 is 9.84 Å². The summed E-state index contributed by atoms with van der Waals surface area (Å²) in [4.78, 5) is 0. The van der Waals surface area contributed by atoms with Crippen LogP contribution in [-0.2, 0) is 12.8 Å². The molecule has 0 saturated carbocycles. The van der Waals surface area contributed by atoms with Gasteiger partial charge in [-0.15, -0.1) is 0 Å². The zero-order valence-electron chi connectivity index (χ0n) is 13.1. The molecule has 2 heteroatoms. The highest BCUT2D eigenvalue weighted by Gasteiger charge is 2.13. The molecule has 0 bridgehead atoms. The normalized spacial score (nSPS) is 12.2. The Balaban J connectivity index is 2.09. The number of ether oxygens (including phenoxy) is 1. The molecule has 0 aliphatic heterocycles. The summed E-state index contributed by atoms with van der Waals surface area (Å²) in [5.41, 5.74) is 5.22. The number of benzene rings is 2. The van der Waals surface area contributed by atoms with E-state index in [1.807, 2.05) is 12.1 Å². The van der Waals surface area contributed by atoms with E-state index in [1.165, 1.54) is 22.3 Å². The van der Waals surface area contributed by atoms with E-state index >= 15 is 0 Å². The second kappa shape index (κ2) is 7.28. The lowest BCUT2D eigenvalue weighted by Crippen LogP contribution is -2.14. The van der Waals surface area contributed by atoms with Gasteiger partial charge in [-0.2, -0.15) is 0 Å². The summed E-state index contributed by atoms with van der Waals surface area (Å²) >= 11 is 0. The fourth-order valence-corrected chi connectivity index (χ4v) is 2.76. The number of hydrogen-bond acceptors (Lipinski definition) is 2. The van der Waals surface area contributed by atoms with Gasteiger partial charge in [-0.3, -0.25) is 0 Å². The van der Waals surface area contributed by atoms with Gasteiger partial charge in [-0.1, -0.05) is 30.3 Å². The van der Waals surface area contributed by atoms with Gasteiger partial charge in [0.1, 0.15) is 5.75 Å². The van der Waals surface area contributed by atoms with E-state index in [1.54, 1.807) is 7.11 Å². The minimum Gasteiger partial charge on any atom is -0.497 e. The number of aliphatic hydroxyl groups is 1. The molecule has 2 aromatic rings. The Morgan fingerprint density at radius 1 is 0.952 bits per heavy atom. The van der Waals surface area contributed by atoms with Gasteiger partial charge in [0.2, 0.25) is 0 Å². The van der Waals surface area contributed by atoms with Gasteiger partial charge in [-0.25, -0.2) is 0 Å². The molecule has 2 aromatic carbocycles. The van der Waals surface area contributed by atoms with Crippen LogP contribution in [0.4, 0.5) is 0 Å². The molecule has 21 heavy (non-hydrogen) atoms. The van der Waals surface area contributed by atoms with Crippen molar-refractivity contribution in [1.29, 1.82) is 0 Å². The molecule has 0 spiro atoms. The second-order valence-electron chi connectivity index (χ2n) is 5.68. The minimum atomic E-state index is 0.208. The number of aliphatic hydroxyl groups excluding tert-OH is 1. The van der Waals surface area contributed by atoms with Gasteiger partial charge in [0, 0.05) is 6.61 Å². The van der Waals surface area contributed by atoms with E-state index in [2.05, 4.69) is 44.2 Å². The highest BCUT2D eigenvalue weighted by Crippen LogP contribution is 2.21. The fraction of sp³-hybridized carbons (Fsp3) is 0.368. The van der Waals surface area contributed by atoms with Crippen LogP contribution in [0.25, 0.3) is 0 Å². The summed E-state index contributed by atoms with van der Waals surface area (Å²) in [6, 6.07) is 14.5. The summed E-state index contributed by atoms with van der Waals surface area (Å²) in [7, 11) is 1.67. The SMILES string of the molecule is COc1ccc(CC(CO)Cc2c(C)cccc2C)cc1. The first-order valence-corrected chi connectivity index (χ1v) is 7.43. The van der Waals surface area contributed by atoms with Gasteiger partial charge < -0.3 is 9.84 Å². The van der Waals surface area contributed by atoms with Crippen molar-refractivity contribution in [3.8, 4) is 5.75 Å². The number of methoxy groups -OCH3 is 1. The van der Waals surface area contributed by atoms with Crippen molar-refractivity contribution in [2.45, 2.75) is 26.7 Å². The zero-order chi connectivity index (χ0) is 15.2. The average molecular weight is 284 g/mol. The summed E-state index contributed by atoms with van der Waals surface area (Å²) < 4.78 is 5.18. The van der Waals surface area contributed by atoms with Gasteiger partial charge >= 0.3 is 0 Å². The molecule has 1 N–H and O–H groups in total. The molecule has 1 atom stereocenters. The molecule has 0 fully saturated rings. The first kappa shape index (κ1) is 15.6. The molecule has 0 radical (unpaired) electrons. The van der Waals surface area contributed by atoms with Crippen molar-refractivity contribution in [2.75, 3.05) is 13.7 Å². The van der Waals surface area contributed by atoms with E-state index in [4.69, 9.17) is 4.74 Å². The first-order valence-electron chi connectivity index (χ1n) is 7.43. The van der Waals surface area contributed by atoms with Gasteiger partial charge in [0.15, 0.2) is 0 Å². The lowest BCUT2D eigenvalue weighted by atomic mass is 9.89. The van der Waals surface area contributed by atoms with E-state index in [-0.39, 0.29) is 12.5 Å². The third kappa shape index (κ3) is 4.08. The summed E-state index contributed by atoms with van der Waals surface area (Å²) in [5, 5.41) is 9.71. The van der Waals surface area contributed by atoms with Crippen molar-refractivity contribution in [3.05, 3.63) is 64.7 Å². The van der Waals surface area contributed by atoms with Crippen LogP contribution in [0, 0.1) is 19.8 Å². The third-order valence-corrected chi connectivity index (χ3v) is 4.08. The molecule has 0 heterocycles. The van der Waals surface area contributed by atoms with Crippen LogP contribution >= 0.6 is 0 Å². The molecule has 0 saturated heterocycles. The Morgan fingerprint density at radius 3 is 2.10 bits per heavy atom. The molecule has 0 amide bonds. The maximum absolute atomic E-state index is 9.71.